The summed E-state index contributed by atoms with van der Waals surface area (Å²) in [6.07, 6.45) is 2.53. The molecule has 0 atom stereocenters. The molecule has 0 N–H and O–H groups in total. The lowest BCUT2D eigenvalue weighted by molar-refractivity contribution is -0.136. The van der Waals surface area contributed by atoms with Crippen molar-refractivity contribution in [1.29, 1.82) is 0 Å². The van der Waals surface area contributed by atoms with Crippen LogP contribution in [0.15, 0.2) is 35.5 Å². The van der Waals surface area contributed by atoms with Crippen LogP contribution in [0.1, 0.15) is 31.4 Å². The zero-order valence-electron chi connectivity index (χ0n) is 19.0. The molecule has 0 unspecified atom stereocenters. The summed E-state index contributed by atoms with van der Waals surface area (Å²) in [6.45, 7) is 5.67. The number of imidazole rings is 2. The number of fused-ring (bicyclic) bond motifs is 1. The number of rotatable bonds is 6. The van der Waals surface area contributed by atoms with Gasteiger partial charge in [-0.15, -0.1) is 0 Å². The number of hydrogen-bond donors (Lipinski definition) is 0. The summed E-state index contributed by atoms with van der Waals surface area (Å²) >= 11 is 0. The van der Waals surface area contributed by atoms with Crippen LogP contribution in [0.3, 0.4) is 0 Å². The summed E-state index contributed by atoms with van der Waals surface area (Å²) in [5.74, 6) is 1.34. The molecule has 10 heteroatoms. The first-order chi connectivity index (χ1) is 15.2. The number of carbonyl (C=O) groups is 1. The van der Waals surface area contributed by atoms with Gasteiger partial charge in [-0.2, -0.15) is 4.31 Å². The molecule has 0 bridgehead atoms. The van der Waals surface area contributed by atoms with Crippen LogP contribution in [0.25, 0.3) is 11.0 Å². The molecule has 9 nitrogen and oxygen atoms in total. The zero-order valence-corrected chi connectivity index (χ0v) is 19.8. The van der Waals surface area contributed by atoms with E-state index in [-0.39, 0.29) is 16.9 Å². The van der Waals surface area contributed by atoms with Crippen LogP contribution >= 0.6 is 0 Å². The van der Waals surface area contributed by atoms with Gasteiger partial charge in [0.25, 0.3) is 10.0 Å². The van der Waals surface area contributed by atoms with Crippen LogP contribution in [0.5, 0.6) is 0 Å². The van der Waals surface area contributed by atoms with Crippen molar-refractivity contribution in [2.75, 3.05) is 20.1 Å². The van der Waals surface area contributed by atoms with Gasteiger partial charge in [-0.25, -0.2) is 18.4 Å². The van der Waals surface area contributed by atoms with Crippen molar-refractivity contribution in [3.8, 4) is 0 Å². The Morgan fingerprint density at radius 2 is 1.88 bits per heavy atom. The number of benzene rings is 1. The van der Waals surface area contributed by atoms with E-state index in [1.807, 2.05) is 24.3 Å². The number of hydrogen-bond acceptors (Lipinski definition) is 5. The van der Waals surface area contributed by atoms with E-state index in [1.165, 1.54) is 10.5 Å². The van der Waals surface area contributed by atoms with E-state index in [1.54, 1.807) is 30.5 Å². The number of nitrogens with zero attached hydrogens (tertiary/aromatic N) is 6. The van der Waals surface area contributed by atoms with Crippen LogP contribution < -0.4 is 0 Å². The Kier molecular flexibility index (Phi) is 6.09. The normalized spacial score (nSPS) is 16.0. The molecule has 3 heterocycles. The molecule has 3 aromatic rings. The lowest BCUT2D eigenvalue weighted by Gasteiger charge is -2.32. The smallest absolute Gasteiger partial charge is 0.262 e. The Balaban J connectivity index is 1.41. The zero-order chi connectivity index (χ0) is 23.0. The minimum Gasteiger partial charge on any atom is -0.338 e. The fourth-order valence-electron chi connectivity index (χ4n) is 4.33. The van der Waals surface area contributed by atoms with Crippen molar-refractivity contribution in [2.45, 2.75) is 44.8 Å². The van der Waals surface area contributed by atoms with Crippen molar-refractivity contribution in [2.24, 2.45) is 13.0 Å². The highest BCUT2D eigenvalue weighted by atomic mass is 32.2. The van der Waals surface area contributed by atoms with Crippen molar-refractivity contribution >= 4 is 27.0 Å². The maximum atomic E-state index is 13.1. The van der Waals surface area contributed by atoms with Gasteiger partial charge in [0.2, 0.25) is 5.91 Å². The van der Waals surface area contributed by atoms with Crippen molar-refractivity contribution < 1.29 is 13.2 Å². The quantitative estimate of drug-likeness (QED) is 0.564. The Labute approximate surface area is 188 Å². The van der Waals surface area contributed by atoms with Crippen LogP contribution in [0.4, 0.5) is 0 Å². The Bertz CT molecular complexity index is 1220. The first kappa shape index (κ1) is 22.5. The predicted octanol–water partition coefficient (Wildman–Crippen LogP) is 2.16. The molecule has 0 radical (unpaired) electrons. The van der Waals surface area contributed by atoms with Crippen molar-refractivity contribution in [1.82, 2.24) is 28.3 Å². The van der Waals surface area contributed by atoms with E-state index in [0.717, 1.165) is 23.4 Å². The van der Waals surface area contributed by atoms with Gasteiger partial charge in [0.15, 0.2) is 5.03 Å². The lowest BCUT2D eigenvalue weighted by atomic mass is 9.96. The van der Waals surface area contributed by atoms with Crippen LogP contribution in [-0.2, 0) is 35.0 Å². The molecular formula is C22H30N6O3S. The maximum Gasteiger partial charge on any atom is 0.262 e. The third-order valence-corrected chi connectivity index (χ3v) is 8.07. The van der Waals surface area contributed by atoms with E-state index in [2.05, 4.69) is 16.5 Å². The summed E-state index contributed by atoms with van der Waals surface area (Å²) in [5, 5.41) is 0.0675. The summed E-state index contributed by atoms with van der Waals surface area (Å²) in [5.41, 5.74) is 1.99. The minimum atomic E-state index is -3.64. The highest BCUT2D eigenvalue weighted by Gasteiger charge is 2.34. The van der Waals surface area contributed by atoms with Crippen molar-refractivity contribution in [3.05, 3.63) is 42.1 Å². The summed E-state index contributed by atoms with van der Waals surface area (Å²) in [4.78, 5) is 23.7. The molecule has 1 aromatic carbocycles. The van der Waals surface area contributed by atoms with E-state index >= 15 is 0 Å². The molecule has 0 aliphatic carbocycles. The van der Waals surface area contributed by atoms with E-state index in [4.69, 9.17) is 4.98 Å². The van der Waals surface area contributed by atoms with E-state index < -0.39 is 10.0 Å². The second-order valence-corrected chi connectivity index (χ2v) is 10.3. The molecule has 2 aromatic heterocycles. The number of para-hydroxylation sites is 2. The average Bonchev–Trinajstić information content (AvgIpc) is 3.32. The number of piperidine rings is 1. The molecule has 1 amide bonds. The molecule has 172 valence electrons. The molecule has 1 saturated heterocycles. The second kappa shape index (κ2) is 8.67. The van der Waals surface area contributed by atoms with Crippen LogP contribution in [-0.4, -0.2) is 62.8 Å². The Morgan fingerprint density at radius 1 is 1.19 bits per heavy atom. The first-order valence-corrected chi connectivity index (χ1v) is 12.4. The van der Waals surface area contributed by atoms with Gasteiger partial charge in [-0.3, -0.25) is 4.79 Å². The second-order valence-electron chi connectivity index (χ2n) is 8.37. The molecule has 1 aliphatic heterocycles. The topological polar surface area (TPSA) is 93.3 Å². The number of carbonyl (C=O) groups excluding carboxylic acids is 1. The number of sulfonamides is 1. The highest BCUT2D eigenvalue weighted by molar-refractivity contribution is 7.89. The van der Waals surface area contributed by atoms with Crippen LogP contribution in [0.2, 0.25) is 0 Å². The van der Waals surface area contributed by atoms with Crippen molar-refractivity contribution in [3.63, 3.8) is 0 Å². The minimum absolute atomic E-state index is 0.0328. The fourth-order valence-corrected chi connectivity index (χ4v) is 5.82. The van der Waals surface area contributed by atoms with Gasteiger partial charge in [-0.1, -0.05) is 12.1 Å². The summed E-state index contributed by atoms with van der Waals surface area (Å²) in [6, 6.07) is 7.97. The van der Waals surface area contributed by atoms with Gasteiger partial charge in [0.05, 0.1) is 17.6 Å². The summed E-state index contributed by atoms with van der Waals surface area (Å²) < 4.78 is 31.1. The SMILES string of the molecule is CCn1c(CN(C)C(=O)C2CCN(S(=O)(=O)c3cn(C)c(C)n3)CC2)nc2ccccc21. The van der Waals surface area contributed by atoms with E-state index in [9.17, 15) is 13.2 Å². The standard InChI is InChI=1S/C22H30N6O3S/c1-5-28-19-9-7-6-8-18(19)24-20(28)14-26(4)22(29)17-10-12-27(13-11-17)32(30,31)21-15-25(3)16(2)23-21/h6-9,15,17H,5,10-14H2,1-4H3. The van der Waals surface area contributed by atoms with Gasteiger partial charge >= 0.3 is 0 Å². The Morgan fingerprint density at radius 3 is 2.50 bits per heavy atom. The fraction of sp³-hybridized carbons (Fsp3) is 0.500. The molecule has 0 saturated carbocycles. The van der Waals surface area contributed by atoms with Gasteiger partial charge in [0, 0.05) is 45.8 Å². The largest absolute Gasteiger partial charge is 0.338 e. The number of aromatic nitrogens is 4. The lowest BCUT2D eigenvalue weighted by Crippen LogP contribution is -2.43. The Hall–Kier alpha value is -2.72. The molecule has 1 aliphatic rings. The van der Waals surface area contributed by atoms with Gasteiger partial charge in [-0.05, 0) is 38.8 Å². The molecule has 1 fully saturated rings. The summed E-state index contributed by atoms with van der Waals surface area (Å²) in [7, 11) is -0.0765. The third-order valence-electron chi connectivity index (χ3n) is 6.30. The average molecular weight is 459 g/mol. The highest BCUT2D eigenvalue weighted by Crippen LogP contribution is 2.25. The van der Waals surface area contributed by atoms with Gasteiger partial charge < -0.3 is 14.0 Å². The number of amides is 1. The molecule has 32 heavy (non-hydrogen) atoms. The monoisotopic (exact) mass is 458 g/mol. The molecular weight excluding hydrogens is 428 g/mol. The predicted molar refractivity (Wildman–Crippen MR) is 121 cm³/mol. The molecule has 0 spiro atoms. The third kappa shape index (κ3) is 4.04. The first-order valence-electron chi connectivity index (χ1n) is 10.9. The maximum absolute atomic E-state index is 13.1. The van der Waals surface area contributed by atoms with E-state index in [0.29, 0.717) is 38.3 Å². The number of aryl methyl sites for hydroxylation is 3. The molecule has 4 rings (SSSR count). The van der Waals surface area contributed by atoms with Crippen LogP contribution in [0, 0.1) is 12.8 Å². The van der Waals surface area contributed by atoms with Gasteiger partial charge in [0.1, 0.15) is 11.6 Å².